The van der Waals surface area contributed by atoms with Crippen molar-refractivity contribution in [2.45, 2.75) is 65.7 Å². The summed E-state index contributed by atoms with van der Waals surface area (Å²) in [6, 6.07) is 12.9. The minimum absolute atomic E-state index is 0.103. The highest BCUT2D eigenvalue weighted by molar-refractivity contribution is 5.36. The molecular weight excluding hydrogens is 585 g/mol. The molecule has 0 aliphatic carbocycles. The van der Waals surface area contributed by atoms with Crippen LogP contribution in [0.4, 0.5) is 13.2 Å². The molecule has 0 saturated carbocycles. The van der Waals surface area contributed by atoms with Crippen LogP contribution in [-0.4, -0.2) is 38.3 Å². The van der Waals surface area contributed by atoms with Gasteiger partial charge >= 0.3 is 6.18 Å². The SMILES string of the molecule is CCCc1nnc2c(=O)n(Cc3ccc(C(F)(F)F)cc3)ccn12.CCCc1nnc2c(=O)n(Cc3cccc(C)c3)ccn12. The minimum atomic E-state index is -4.37. The lowest BCUT2D eigenvalue weighted by atomic mass is 10.1. The van der Waals surface area contributed by atoms with Crippen molar-refractivity contribution >= 4 is 11.3 Å². The van der Waals surface area contributed by atoms with Gasteiger partial charge in [0.2, 0.25) is 11.3 Å². The second kappa shape index (κ2) is 13.3. The molecule has 0 saturated heterocycles. The molecule has 6 rings (SSSR count). The number of benzene rings is 2. The fourth-order valence-electron chi connectivity index (χ4n) is 4.98. The number of nitrogens with zero attached hydrogens (tertiary/aromatic N) is 8. The Morgan fingerprint density at radius 1 is 0.667 bits per heavy atom. The molecule has 0 radical (unpaired) electrons. The van der Waals surface area contributed by atoms with Gasteiger partial charge in [0.1, 0.15) is 11.6 Å². The molecule has 2 aromatic carbocycles. The second-order valence-corrected chi connectivity index (χ2v) is 10.8. The molecule has 4 aromatic heterocycles. The Morgan fingerprint density at radius 2 is 1.18 bits per heavy atom. The van der Waals surface area contributed by atoms with Crippen molar-refractivity contribution < 1.29 is 13.2 Å². The average molecular weight is 619 g/mol. The molecule has 0 unspecified atom stereocenters. The fourth-order valence-corrected chi connectivity index (χ4v) is 4.98. The van der Waals surface area contributed by atoms with Crippen LogP contribution in [0.25, 0.3) is 11.3 Å². The van der Waals surface area contributed by atoms with E-state index in [2.05, 4.69) is 33.4 Å². The molecule has 13 heteroatoms. The number of fused-ring (bicyclic) bond motifs is 2. The Kier molecular flexibility index (Phi) is 9.26. The Bertz CT molecular complexity index is 2040. The number of alkyl halides is 3. The average Bonchev–Trinajstić information content (AvgIpc) is 3.62. The van der Waals surface area contributed by atoms with Crippen LogP contribution in [0.15, 0.2) is 82.9 Å². The van der Waals surface area contributed by atoms with Gasteiger partial charge in [-0.15, -0.1) is 20.4 Å². The molecule has 4 heterocycles. The third kappa shape index (κ3) is 7.03. The number of hydrogen-bond acceptors (Lipinski definition) is 6. The highest BCUT2D eigenvalue weighted by Gasteiger charge is 2.29. The third-order valence-corrected chi connectivity index (χ3v) is 7.25. The van der Waals surface area contributed by atoms with Gasteiger partial charge in [-0.05, 0) is 43.0 Å². The maximum atomic E-state index is 12.6. The molecular formula is C32H33F3N8O2. The molecule has 0 bridgehead atoms. The first-order valence-electron chi connectivity index (χ1n) is 14.7. The smallest absolute Gasteiger partial charge is 0.306 e. The van der Waals surface area contributed by atoms with E-state index in [9.17, 15) is 22.8 Å². The number of aromatic nitrogens is 8. The first-order chi connectivity index (χ1) is 21.6. The maximum Gasteiger partial charge on any atom is 0.416 e. The molecule has 0 N–H and O–H groups in total. The number of hydrogen-bond donors (Lipinski definition) is 0. The number of rotatable bonds is 8. The quantitative estimate of drug-likeness (QED) is 0.235. The first kappa shape index (κ1) is 31.4. The van der Waals surface area contributed by atoms with E-state index in [4.69, 9.17) is 0 Å². The van der Waals surface area contributed by atoms with Crippen LogP contribution in [0.1, 0.15) is 60.6 Å². The van der Waals surface area contributed by atoms with Gasteiger partial charge in [0.15, 0.2) is 0 Å². The summed E-state index contributed by atoms with van der Waals surface area (Å²) in [5, 5.41) is 16.1. The summed E-state index contributed by atoms with van der Waals surface area (Å²) in [7, 11) is 0. The van der Waals surface area contributed by atoms with Crippen molar-refractivity contribution in [1.82, 2.24) is 38.3 Å². The van der Waals surface area contributed by atoms with Crippen LogP contribution >= 0.6 is 0 Å². The molecule has 0 spiro atoms. The van der Waals surface area contributed by atoms with Crippen molar-refractivity contribution in [3.05, 3.63) is 128 Å². The van der Waals surface area contributed by atoms with Crippen molar-refractivity contribution in [2.24, 2.45) is 0 Å². The van der Waals surface area contributed by atoms with Gasteiger partial charge in [-0.3, -0.25) is 18.4 Å². The summed E-state index contributed by atoms with van der Waals surface area (Å²) < 4.78 is 44.2. The highest BCUT2D eigenvalue weighted by atomic mass is 19.4. The van der Waals surface area contributed by atoms with E-state index in [0.29, 0.717) is 30.0 Å². The van der Waals surface area contributed by atoms with Crippen LogP contribution in [0.2, 0.25) is 0 Å². The number of halogens is 3. The van der Waals surface area contributed by atoms with E-state index in [1.807, 2.05) is 38.2 Å². The molecule has 6 aromatic rings. The molecule has 234 valence electrons. The Morgan fingerprint density at radius 3 is 1.64 bits per heavy atom. The van der Waals surface area contributed by atoms with Crippen molar-refractivity contribution in [1.29, 1.82) is 0 Å². The zero-order chi connectivity index (χ0) is 32.1. The normalized spacial score (nSPS) is 11.6. The van der Waals surface area contributed by atoms with Crippen LogP contribution in [-0.2, 0) is 32.1 Å². The molecule has 0 aliphatic rings. The molecule has 0 fully saturated rings. The van der Waals surface area contributed by atoms with E-state index < -0.39 is 11.7 Å². The fraction of sp³-hybridized carbons (Fsp3) is 0.312. The van der Waals surface area contributed by atoms with Crippen LogP contribution < -0.4 is 11.1 Å². The standard InChI is InChI=1S/C16H15F3N4O.C16H18N4O/c1-2-3-13-20-21-14-15(24)22(8-9-23(13)14)10-11-4-6-12(7-5-11)16(17,18)19;1-3-5-14-17-18-15-16(21)19(8-9-20(14)15)11-13-7-4-6-12(2)10-13/h4-9H,2-3,10H2,1H3;4,6-10H,3,5,11H2,1-2H3. The summed E-state index contributed by atoms with van der Waals surface area (Å²) >= 11 is 0. The zero-order valence-corrected chi connectivity index (χ0v) is 25.2. The summed E-state index contributed by atoms with van der Waals surface area (Å²) in [5.74, 6) is 1.55. The van der Waals surface area contributed by atoms with E-state index in [0.717, 1.165) is 42.8 Å². The van der Waals surface area contributed by atoms with E-state index >= 15 is 0 Å². The van der Waals surface area contributed by atoms with Crippen molar-refractivity contribution in [3.63, 3.8) is 0 Å². The van der Waals surface area contributed by atoms with Gasteiger partial charge in [-0.25, -0.2) is 0 Å². The van der Waals surface area contributed by atoms with Crippen LogP contribution in [0, 0.1) is 6.92 Å². The van der Waals surface area contributed by atoms with Crippen LogP contribution in [0.3, 0.4) is 0 Å². The first-order valence-corrected chi connectivity index (χ1v) is 14.7. The lowest BCUT2D eigenvalue weighted by Crippen LogP contribution is -2.22. The molecule has 45 heavy (non-hydrogen) atoms. The van der Waals surface area contributed by atoms with Gasteiger partial charge in [-0.2, -0.15) is 13.2 Å². The van der Waals surface area contributed by atoms with Crippen LogP contribution in [0.5, 0.6) is 0 Å². The zero-order valence-electron chi connectivity index (χ0n) is 25.2. The molecule has 0 aliphatic heterocycles. The van der Waals surface area contributed by atoms with Gasteiger partial charge in [0.25, 0.3) is 11.1 Å². The predicted octanol–water partition coefficient (Wildman–Crippen LogP) is 5.11. The summed E-state index contributed by atoms with van der Waals surface area (Å²) in [4.78, 5) is 24.9. The van der Waals surface area contributed by atoms with E-state index in [1.165, 1.54) is 22.3 Å². The summed E-state index contributed by atoms with van der Waals surface area (Å²) in [5.41, 5.74) is 2.37. The monoisotopic (exact) mass is 618 g/mol. The predicted molar refractivity (Wildman–Crippen MR) is 163 cm³/mol. The minimum Gasteiger partial charge on any atom is -0.306 e. The van der Waals surface area contributed by atoms with Gasteiger partial charge < -0.3 is 9.13 Å². The highest BCUT2D eigenvalue weighted by Crippen LogP contribution is 2.29. The molecule has 0 atom stereocenters. The molecule has 10 nitrogen and oxygen atoms in total. The number of aryl methyl sites for hydroxylation is 3. The largest absolute Gasteiger partial charge is 0.416 e. The van der Waals surface area contributed by atoms with Gasteiger partial charge in [0.05, 0.1) is 18.7 Å². The van der Waals surface area contributed by atoms with E-state index in [-0.39, 0.29) is 23.3 Å². The lowest BCUT2D eigenvalue weighted by Gasteiger charge is -2.09. The maximum absolute atomic E-state index is 12.6. The van der Waals surface area contributed by atoms with E-state index in [1.54, 1.807) is 32.0 Å². The van der Waals surface area contributed by atoms with Gasteiger partial charge in [0, 0.05) is 37.6 Å². The van der Waals surface area contributed by atoms with Gasteiger partial charge in [-0.1, -0.05) is 55.8 Å². The molecule has 0 amide bonds. The Labute approximate surface area is 256 Å². The topological polar surface area (TPSA) is 104 Å². The Hall–Kier alpha value is -5.07. The lowest BCUT2D eigenvalue weighted by molar-refractivity contribution is -0.137. The third-order valence-electron chi connectivity index (χ3n) is 7.25. The van der Waals surface area contributed by atoms with Crippen molar-refractivity contribution in [2.75, 3.05) is 0 Å². The Balaban J connectivity index is 0.000000179. The second-order valence-electron chi connectivity index (χ2n) is 10.8. The summed E-state index contributed by atoms with van der Waals surface area (Å²) in [6.45, 7) is 6.86. The van der Waals surface area contributed by atoms with Crippen molar-refractivity contribution in [3.8, 4) is 0 Å². The summed E-state index contributed by atoms with van der Waals surface area (Å²) in [6.07, 6.45) is 6.00.